The van der Waals surface area contributed by atoms with E-state index < -0.39 is 15.5 Å². The van der Waals surface area contributed by atoms with Gasteiger partial charge in [0.1, 0.15) is 10.7 Å². The van der Waals surface area contributed by atoms with Gasteiger partial charge in [-0.25, -0.2) is 18.1 Å². The molecule has 18 heavy (non-hydrogen) atoms. The number of H-pyrrole nitrogens is 1. The van der Waals surface area contributed by atoms with Gasteiger partial charge in [0.25, 0.3) is 0 Å². The first-order valence-corrected chi connectivity index (χ1v) is 6.55. The van der Waals surface area contributed by atoms with Gasteiger partial charge in [0.2, 0.25) is 21.3 Å². The number of sulfonamides is 1. The summed E-state index contributed by atoms with van der Waals surface area (Å²) in [6.07, 6.45) is 3.98. The molecular formula is C10H11N3O4S. The predicted octanol–water partition coefficient (Wildman–Crippen LogP) is 0.150. The molecule has 0 saturated heterocycles. The molecule has 0 radical (unpaired) electrons. The number of oxazole rings is 1. The summed E-state index contributed by atoms with van der Waals surface area (Å²) >= 11 is 0. The van der Waals surface area contributed by atoms with Crippen molar-refractivity contribution in [2.45, 2.75) is 18.4 Å². The number of hydrogen-bond acceptors (Lipinski definition) is 5. The van der Waals surface area contributed by atoms with Crippen LogP contribution in [-0.2, 0) is 16.6 Å². The van der Waals surface area contributed by atoms with Crippen LogP contribution in [0, 0.1) is 6.92 Å². The van der Waals surface area contributed by atoms with Gasteiger partial charge in [0.15, 0.2) is 0 Å². The number of pyridine rings is 1. The Morgan fingerprint density at radius 2 is 2.28 bits per heavy atom. The van der Waals surface area contributed by atoms with Crippen molar-refractivity contribution in [3.8, 4) is 0 Å². The van der Waals surface area contributed by atoms with Crippen LogP contribution in [0.15, 0.2) is 38.8 Å². The minimum atomic E-state index is -3.87. The van der Waals surface area contributed by atoms with Gasteiger partial charge in [-0.3, -0.25) is 4.79 Å². The second kappa shape index (κ2) is 4.75. The van der Waals surface area contributed by atoms with Crippen LogP contribution >= 0.6 is 0 Å². The molecule has 0 aliphatic rings. The van der Waals surface area contributed by atoms with E-state index >= 15 is 0 Å². The van der Waals surface area contributed by atoms with Crippen molar-refractivity contribution in [2.24, 2.45) is 0 Å². The normalized spacial score (nSPS) is 11.6. The highest BCUT2D eigenvalue weighted by Crippen LogP contribution is 2.04. The molecular weight excluding hydrogens is 258 g/mol. The fourth-order valence-corrected chi connectivity index (χ4v) is 2.35. The van der Waals surface area contributed by atoms with E-state index in [-0.39, 0.29) is 17.3 Å². The Morgan fingerprint density at radius 1 is 1.50 bits per heavy atom. The van der Waals surface area contributed by atoms with Crippen LogP contribution in [0.2, 0.25) is 0 Å². The Morgan fingerprint density at radius 3 is 2.89 bits per heavy atom. The van der Waals surface area contributed by atoms with Crippen LogP contribution in [0.4, 0.5) is 0 Å². The van der Waals surface area contributed by atoms with E-state index in [1.165, 1.54) is 12.4 Å². The van der Waals surface area contributed by atoms with Crippen molar-refractivity contribution >= 4 is 10.0 Å². The smallest absolute Gasteiger partial charge is 0.246 e. The first-order valence-electron chi connectivity index (χ1n) is 5.07. The minimum absolute atomic E-state index is 0.107. The molecule has 0 amide bonds. The summed E-state index contributed by atoms with van der Waals surface area (Å²) in [5.74, 6) is 0.824. The van der Waals surface area contributed by atoms with Crippen LogP contribution in [0.25, 0.3) is 0 Å². The molecule has 2 rings (SSSR count). The largest absolute Gasteiger partial charge is 0.445 e. The summed E-state index contributed by atoms with van der Waals surface area (Å²) in [4.78, 5) is 17.5. The van der Waals surface area contributed by atoms with E-state index in [1.54, 1.807) is 6.92 Å². The van der Waals surface area contributed by atoms with Crippen molar-refractivity contribution in [3.63, 3.8) is 0 Å². The number of rotatable bonds is 4. The van der Waals surface area contributed by atoms with Crippen molar-refractivity contribution < 1.29 is 12.8 Å². The molecule has 0 atom stereocenters. The van der Waals surface area contributed by atoms with Gasteiger partial charge in [-0.2, -0.15) is 0 Å². The van der Waals surface area contributed by atoms with E-state index in [0.717, 1.165) is 12.3 Å². The molecule has 0 unspecified atom stereocenters. The third-order valence-electron chi connectivity index (χ3n) is 2.16. The van der Waals surface area contributed by atoms with Crippen molar-refractivity contribution in [1.82, 2.24) is 14.7 Å². The van der Waals surface area contributed by atoms with E-state index in [4.69, 9.17) is 4.42 Å². The van der Waals surface area contributed by atoms with Gasteiger partial charge >= 0.3 is 0 Å². The lowest BCUT2D eigenvalue weighted by Crippen LogP contribution is -2.28. The number of nitrogens with zero attached hydrogens (tertiary/aromatic N) is 1. The van der Waals surface area contributed by atoms with Crippen LogP contribution < -0.4 is 10.2 Å². The molecule has 0 spiro atoms. The lowest BCUT2D eigenvalue weighted by molar-refractivity contribution is 0.463. The van der Waals surface area contributed by atoms with Gasteiger partial charge in [0, 0.05) is 18.5 Å². The lowest BCUT2D eigenvalue weighted by Gasteiger charge is -2.03. The maximum Gasteiger partial charge on any atom is 0.246 e. The third-order valence-corrected chi connectivity index (χ3v) is 3.58. The lowest BCUT2D eigenvalue weighted by atomic mass is 10.5. The second-order valence-electron chi connectivity index (χ2n) is 3.56. The minimum Gasteiger partial charge on any atom is -0.445 e. The topological polar surface area (TPSA) is 105 Å². The number of hydrogen-bond donors (Lipinski definition) is 2. The quantitative estimate of drug-likeness (QED) is 0.822. The molecule has 0 saturated carbocycles. The standard InChI is InChI=1S/C10H11N3O4S/c1-7-4-12-10(17-7)6-13-18(15,16)9-5-11-3-2-8(9)14/h2-5,13H,6H2,1H3,(H,11,14). The van der Waals surface area contributed by atoms with Crippen LogP contribution in [-0.4, -0.2) is 18.4 Å². The summed E-state index contributed by atoms with van der Waals surface area (Å²) in [6, 6.07) is 1.14. The Kier molecular flexibility index (Phi) is 3.30. The van der Waals surface area contributed by atoms with Crippen LogP contribution in [0.5, 0.6) is 0 Å². The summed E-state index contributed by atoms with van der Waals surface area (Å²) in [5, 5.41) is 0. The maximum atomic E-state index is 11.8. The zero-order chi connectivity index (χ0) is 13.2. The number of nitrogens with one attached hydrogen (secondary N) is 2. The summed E-state index contributed by atoms with van der Waals surface area (Å²) in [6.45, 7) is 1.59. The van der Waals surface area contributed by atoms with Gasteiger partial charge in [-0.15, -0.1) is 0 Å². The monoisotopic (exact) mass is 269 g/mol. The van der Waals surface area contributed by atoms with E-state index in [1.807, 2.05) is 0 Å². The first-order chi connectivity index (χ1) is 8.49. The van der Waals surface area contributed by atoms with Crippen molar-refractivity contribution in [1.29, 1.82) is 0 Å². The highest BCUT2D eigenvalue weighted by atomic mass is 32.2. The summed E-state index contributed by atoms with van der Waals surface area (Å²) < 4.78 is 31.0. The maximum absolute atomic E-state index is 11.8. The first kappa shape index (κ1) is 12.5. The molecule has 0 bridgehead atoms. The zero-order valence-electron chi connectivity index (χ0n) is 9.50. The predicted molar refractivity (Wildman–Crippen MR) is 62.3 cm³/mol. The highest BCUT2D eigenvalue weighted by molar-refractivity contribution is 7.89. The van der Waals surface area contributed by atoms with Crippen LogP contribution in [0.1, 0.15) is 11.7 Å². The summed E-state index contributed by atoms with van der Waals surface area (Å²) in [7, 11) is -3.87. The fourth-order valence-electron chi connectivity index (χ4n) is 1.33. The van der Waals surface area contributed by atoms with E-state index in [2.05, 4.69) is 14.7 Å². The second-order valence-corrected chi connectivity index (χ2v) is 5.30. The Bertz CT molecular complexity index is 702. The molecule has 0 aliphatic carbocycles. The molecule has 96 valence electrons. The molecule has 7 nitrogen and oxygen atoms in total. The van der Waals surface area contributed by atoms with Crippen molar-refractivity contribution in [2.75, 3.05) is 0 Å². The highest BCUT2D eigenvalue weighted by Gasteiger charge is 2.18. The van der Waals surface area contributed by atoms with Crippen LogP contribution in [0.3, 0.4) is 0 Å². The van der Waals surface area contributed by atoms with Gasteiger partial charge in [0.05, 0.1) is 12.7 Å². The Balaban J connectivity index is 2.18. The van der Waals surface area contributed by atoms with E-state index in [9.17, 15) is 13.2 Å². The molecule has 2 N–H and O–H groups in total. The van der Waals surface area contributed by atoms with Gasteiger partial charge in [-0.05, 0) is 6.92 Å². The third kappa shape index (κ3) is 2.66. The molecule has 2 aromatic heterocycles. The fraction of sp³-hybridized carbons (Fsp3) is 0.200. The number of aryl methyl sites for hydroxylation is 1. The molecule has 0 aliphatic heterocycles. The average Bonchev–Trinajstić information content (AvgIpc) is 2.73. The summed E-state index contributed by atoms with van der Waals surface area (Å²) in [5.41, 5.74) is -0.579. The number of aromatic amines is 1. The Labute approximate surface area is 103 Å². The SMILES string of the molecule is Cc1cnc(CNS(=O)(=O)c2c[nH]ccc2=O)o1. The van der Waals surface area contributed by atoms with Crippen molar-refractivity contribution in [3.05, 3.63) is 46.5 Å². The molecule has 0 aromatic carbocycles. The molecule has 2 aromatic rings. The number of aromatic nitrogens is 2. The molecule has 8 heteroatoms. The van der Waals surface area contributed by atoms with E-state index in [0.29, 0.717) is 5.76 Å². The zero-order valence-corrected chi connectivity index (χ0v) is 10.3. The Hall–Kier alpha value is -1.93. The molecule has 0 fully saturated rings. The van der Waals surface area contributed by atoms with Gasteiger partial charge in [-0.1, -0.05) is 0 Å². The average molecular weight is 269 g/mol. The molecule has 2 heterocycles. The van der Waals surface area contributed by atoms with Gasteiger partial charge < -0.3 is 9.40 Å².